The normalized spacial score (nSPS) is 18.2. The van der Waals surface area contributed by atoms with Gasteiger partial charge >= 0.3 is 0 Å². The highest BCUT2D eigenvalue weighted by atomic mass is 16.5. The van der Waals surface area contributed by atoms with Gasteiger partial charge in [-0.1, -0.05) is 0 Å². The number of amides is 2. The number of nitrogens with one attached hydrogen (secondary N) is 1. The van der Waals surface area contributed by atoms with Crippen molar-refractivity contribution in [3.63, 3.8) is 0 Å². The lowest BCUT2D eigenvalue weighted by molar-refractivity contribution is 0.0283. The number of fused-ring (bicyclic) bond motifs is 2. The minimum atomic E-state index is -0.958. The van der Waals surface area contributed by atoms with E-state index < -0.39 is 11.5 Å². The Labute approximate surface area is 225 Å². The first-order valence-corrected chi connectivity index (χ1v) is 13.0. The number of nitrogens with zero attached hydrogens (tertiary/aromatic N) is 5. The summed E-state index contributed by atoms with van der Waals surface area (Å²) in [5, 5.41) is 22.2. The SMILES string of the molecule is Cn1ncc2cc(C(N)=O)c(O[C@H]3CCC[C@H](NC(=O)c4cnn5cc(OCC(C)(C)O)ccc45)CC3)nc21. The molecule has 0 aromatic carbocycles. The molecule has 0 unspecified atom stereocenters. The first kappa shape index (κ1) is 26.4. The fraction of sp³-hybridized carbons (Fsp3) is 0.444. The van der Waals surface area contributed by atoms with Gasteiger partial charge in [-0.25, -0.2) is 4.52 Å². The van der Waals surface area contributed by atoms with E-state index in [1.165, 1.54) is 0 Å². The van der Waals surface area contributed by atoms with Crippen LogP contribution in [0.2, 0.25) is 0 Å². The van der Waals surface area contributed by atoms with Crippen molar-refractivity contribution in [3.8, 4) is 11.6 Å². The van der Waals surface area contributed by atoms with Gasteiger partial charge in [0.2, 0.25) is 5.88 Å². The Hall–Kier alpha value is -4.19. The maximum absolute atomic E-state index is 13.1. The average molecular weight is 536 g/mol. The second kappa shape index (κ2) is 10.5. The van der Waals surface area contributed by atoms with Crippen LogP contribution >= 0.6 is 0 Å². The lowest BCUT2D eigenvalue weighted by atomic mass is 10.1. The van der Waals surface area contributed by atoms with E-state index in [0.717, 1.165) is 19.3 Å². The Balaban J connectivity index is 1.22. The summed E-state index contributed by atoms with van der Waals surface area (Å²) in [6, 6.07) is 5.16. The van der Waals surface area contributed by atoms with E-state index >= 15 is 0 Å². The zero-order chi connectivity index (χ0) is 27.7. The summed E-state index contributed by atoms with van der Waals surface area (Å²) in [5.41, 5.74) is 6.61. The Morgan fingerprint density at radius 2 is 1.97 bits per heavy atom. The van der Waals surface area contributed by atoms with Crippen LogP contribution in [0.4, 0.5) is 0 Å². The highest BCUT2D eigenvalue weighted by Gasteiger charge is 2.25. The molecule has 0 aliphatic heterocycles. The molecular weight excluding hydrogens is 502 g/mol. The second-order valence-corrected chi connectivity index (χ2v) is 10.7. The minimum Gasteiger partial charge on any atom is -0.489 e. The number of hydrogen-bond acceptors (Lipinski definition) is 8. The standard InChI is InChI=1S/C27H33N7O5/c1-27(2,37)15-38-19-9-10-22-21(13-30-34(22)14-19)25(36)31-17-5-4-6-18(8-7-17)39-26-20(23(28)35)11-16-12-29-33(3)24(16)32-26/h9-14,17-18,37H,4-8,15H2,1-3H3,(H2,28,35)(H,31,36)/t17-,18-/m0/s1. The molecule has 5 rings (SSSR count). The van der Waals surface area contributed by atoms with E-state index in [2.05, 4.69) is 20.5 Å². The molecule has 1 saturated carbocycles. The first-order chi connectivity index (χ1) is 18.6. The van der Waals surface area contributed by atoms with Crippen molar-refractivity contribution >= 4 is 28.4 Å². The molecule has 4 N–H and O–H groups in total. The fourth-order valence-electron chi connectivity index (χ4n) is 4.76. The molecular formula is C27H33N7O5. The largest absolute Gasteiger partial charge is 0.489 e. The van der Waals surface area contributed by atoms with Crippen molar-refractivity contribution in [2.45, 2.75) is 63.7 Å². The van der Waals surface area contributed by atoms with E-state index in [0.29, 0.717) is 40.7 Å². The zero-order valence-corrected chi connectivity index (χ0v) is 22.3. The van der Waals surface area contributed by atoms with E-state index in [1.807, 2.05) is 0 Å². The van der Waals surface area contributed by atoms with Crippen molar-refractivity contribution in [1.82, 2.24) is 29.7 Å². The molecule has 12 nitrogen and oxygen atoms in total. The Morgan fingerprint density at radius 1 is 1.15 bits per heavy atom. The molecule has 2 amide bonds. The summed E-state index contributed by atoms with van der Waals surface area (Å²) in [6.07, 6.45) is 8.49. The van der Waals surface area contributed by atoms with Crippen molar-refractivity contribution in [2.75, 3.05) is 6.61 Å². The number of hydrogen-bond donors (Lipinski definition) is 3. The van der Waals surface area contributed by atoms with Crippen LogP contribution in [0.25, 0.3) is 16.6 Å². The summed E-state index contributed by atoms with van der Waals surface area (Å²) >= 11 is 0. The predicted molar refractivity (Wildman–Crippen MR) is 143 cm³/mol. The van der Waals surface area contributed by atoms with E-state index in [1.54, 1.807) is 66.9 Å². The van der Waals surface area contributed by atoms with Gasteiger partial charge in [-0.2, -0.15) is 15.2 Å². The van der Waals surface area contributed by atoms with E-state index in [9.17, 15) is 14.7 Å². The van der Waals surface area contributed by atoms with Crippen LogP contribution in [-0.2, 0) is 7.05 Å². The highest BCUT2D eigenvalue weighted by Crippen LogP contribution is 2.27. The molecule has 0 radical (unpaired) electrons. The third-order valence-electron chi connectivity index (χ3n) is 6.79. The van der Waals surface area contributed by atoms with Crippen molar-refractivity contribution < 1.29 is 24.2 Å². The maximum Gasteiger partial charge on any atom is 0.255 e. The molecule has 39 heavy (non-hydrogen) atoms. The van der Waals surface area contributed by atoms with Crippen molar-refractivity contribution in [2.24, 2.45) is 12.8 Å². The highest BCUT2D eigenvalue weighted by molar-refractivity contribution is 6.01. The van der Waals surface area contributed by atoms with Gasteiger partial charge in [0, 0.05) is 18.5 Å². The molecule has 1 aliphatic carbocycles. The number of aliphatic hydroxyl groups is 1. The topological polar surface area (TPSA) is 159 Å². The number of nitrogens with two attached hydrogens (primary N) is 1. The van der Waals surface area contributed by atoms with Gasteiger partial charge in [0.1, 0.15) is 24.0 Å². The van der Waals surface area contributed by atoms with Crippen LogP contribution in [0.5, 0.6) is 11.6 Å². The summed E-state index contributed by atoms with van der Waals surface area (Å²) < 4.78 is 15.0. The van der Waals surface area contributed by atoms with Gasteiger partial charge in [-0.05, 0) is 64.2 Å². The minimum absolute atomic E-state index is 0.0291. The van der Waals surface area contributed by atoms with E-state index in [-0.39, 0.29) is 36.1 Å². The Bertz CT molecular complexity index is 1520. The quantitative estimate of drug-likeness (QED) is 0.290. The predicted octanol–water partition coefficient (Wildman–Crippen LogP) is 2.37. The maximum atomic E-state index is 13.1. The van der Waals surface area contributed by atoms with E-state index in [4.69, 9.17) is 15.2 Å². The van der Waals surface area contributed by atoms with Crippen LogP contribution in [0.1, 0.15) is 66.7 Å². The third-order valence-corrected chi connectivity index (χ3v) is 6.79. The number of pyridine rings is 2. The van der Waals surface area contributed by atoms with Crippen LogP contribution in [0, 0.1) is 0 Å². The summed E-state index contributed by atoms with van der Waals surface area (Å²) in [5.74, 6) is -0.0421. The molecule has 4 aromatic rings. The summed E-state index contributed by atoms with van der Waals surface area (Å²) in [7, 11) is 1.77. The monoisotopic (exact) mass is 535 g/mol. The van der Waals surface area contributed by atoms with Gasteiger partial charge in [0.15, 0.2) is 5.65 Å². The molecule has 1 fully saturated rings. The smallest absolute Gasteiger partial charge is 0.255 e. The lowest BCUT2D eigenvalue weighted by Gasteiger charge is -2.19. The number of aryl methyl sites for hydroxylation is 1. The van der Waals surface area contributed by atoms with Crippen LogP contribution < -0.4 is 20.5 Å². The van der Waals surface area contributed by atoms with Gasteiger partial charge in [-0.15, -0.1) is 0 Å². The molecule has 206 valence electrons. The van der Waals surface area contributed by atoms with Crippen LogP contribution in [0.15, 0.2) is 36.8 Å². The van der Waals surface area contributed by atoms with Crippen molar-refractivity contribution in [1.29, 1.82) is 0 Å². The molecule has 0 saturated heterocycles. The fourth-order valence-corrected chi connectivity index (χ4v) is 4.76. The third kappa shape index (κ3) is 5.95. The molecule has 0 bridgehead atoms. The van der Waals surface area contributed by atoms with Crippen LogP contribution in [-0.4, -0.2) is 65.7 Å². The molecule has 1 aliphatic rings. The van der Waals surface area contributed by atoms with Gasteiger partial charge in [-0.3, -0.25) is 14.3 Å². The average Bonchev–Trinajstić information content (AvgIpc) is 3.39. The number of carbonyl (C=O) groups is 2. The van der Waals surface area contributed by atoms with Gasteiger partial charge < -0.3 is 25.6 Å². The summed E-state index contributed by atoms with van der Waals surface area (Å²) in [4.78, 5) is 29.7. The number of rotatable bonds is 8. The molecule has 4 heterocycles. The molecule has 2 atom stereocenters. The molecule has 0 spiro atoms. The van der Waals surface area contributed by atoms with Gasteiger partial charge in [0.05, 0.1) is 35.3 Å². The first-order valence-electron chi connectivity index (χ1n) is 13.0. The summed E-state index contributed by atoms with van der Waals surface area (Å²) in [6.45, 7) is 3.47. The number of aromatic nitrogens is 5. The number of carbonyl (C=O) groups excluding carboxylic acids is 2. The van der Waals surface area contributed by atoms with Crippen molar-refractivity contribution in [3.05, 3.63) is 47.9 Å². The number of ether oxygens (including phenoxy) is 2. The second-order valence-electron chi connectivity index (χ2n) is 10.7. The molecule has 4 aromatic heterocycles. The zero-order valence-electron chi connectivity index (χ0n) is 22.3. The number of primary amides is 1. The lowest BCUT2D eigenvalue weighted by Crippen LogP contribution is -2.34. The van der Waals surface area contributed by atoms with Gasteiger partial charge in [0.25, 0.3) is 11.8 Å². The Kier molecular flexibility index (Phi) is 7.13. The van der Waals surface area contributed by atoms with Crippen LogP contribution in [0.3, 0.4) is 0 Å². The Morgan fingerprint density at radius 3 is 2.74 bits per heavy atom. The molecule has 12 heteroatoms.